The Bertz CT molecular complexity index is 801. The zero-order chi connectivity index (χ0) is 15.0. The van der Waals surface area contributed by atoms with Crippen LogP contribution in [0.3, 0.4) is 0 Å². The highest BCUT2D eigenvalue weighted by Crippen LogP contribution is 2.23. The first-order valence-corrected chi connectivity index (χ1v) is 6.28. The minimum Gasteiger partial charge on any atom is -0.289 e. The van der Waals surface area contributed by atoms with E-state index in [4.69, 9.17) is 0 Å². The monoisotopic (exact) mass is 280 g/mol. The third kappa shape index (κ3) is 2.21. The summed E-state index contributed by atoms with van der Waals surface area (Å²) in [5, 5.41) is 0. The molecule has 0 saturated carbocycles. The van der Waals surface area contributed by atoms with Gasteiger partial charge < -0.3 is 0 Å². The molecule has 0 aromatic heterocycles. The largest absolute Gasteiger partial charge is 0.289 e. The minimum atomic E-state index is -0.581. The van der Waals surface area contributed by atoms with Crippen LogP contribution < -0.4 is 0 Å². The average molecular weight is 280 g/mol. The van der Waals surface area contributed by atoms with Crippen LogP contribution in [-0.4, -0.2) is 17.3 Å². The Hall–Kier alpha value is -2.88. The van der Waals surface area contributed by atoms with E-state index in [0.29, 0.717) is 0 Å². The molecule has 0 N–H and O–H groups in total. The smallest absolute Gasteiger partial charge is 0.197 e. The lowest BCUT2D eigenvalue weighted by atomic mass is 9.86. The number of halogens is 1. The van der Waals surface area contributed by atoms with Crippen LogP contribution >= 0.6 is 0 Å². The predicted octanol–water partition coefficient (Wildman–Crippen LogP) is 3.01. The van der Waals surface area contributed by atoms with Gasteiger partial charge in [0.1, 0.15) is 5.82 Å². The summed E-state index contributed by atoms with van der Waals surface area (Å²) in [5.74, 6) is -1.92. The van der Waals surface area contributed by atoms with E-state index in [-0.39, 0.29) is 28.0 Å². The lowest BCUT2D eigenvalue weighted by Gasteiger charge is -2.14. The molecule has 0 saturated heterocycles. The third-order valence-electron chi connectivity index (χ3n) is 3.31. The number of benzene rings is 2. The van der Waals surface area contributed by atoms with Crippen molar-refractivity contribution < 1.29 is 18.8 Å². The number of carbonyl (C=O) groups excluding carboxylic acids is 3. The highest BCUT2D eigenvalue weighted by molar-refractivity contribution is 6.37. The standard InChI is InChI=1S/C17H9FO3/c18-11-7-5-10(6-8-11)16(20)14-9-15(19)12-3-1-2-4-13(12)17(14)21/h1-9H. The van der Waals surface area contributed by atoms with Crippen molar-refractivity contribution in [1.29, 1.82) is 0 Å². The van der Waals surface area contributed by atoms with Crippen LogP contribution in [0.15, 0.2) is 60.2 Å². The molecular formula is C17H9FO3. The summed E-state index contributed by atoms with van der Waals surface area (Å²) in [5.41, 5.74) is 0.488. The Labute approximate surface area is 119 Å². The number of hydrogen-bond donors (Lipinski definition) is 0. The molecule has 3 rings (SSSR count). The lowest BCUT2D eigenvalue weighted by Crippen LogP contribution is -2.22. The van der Waals surface area contributed by atoms with Gasteiger partial charge in [-0.1, -0.05) is 24.3 Å². The van der Waals surface area contributed by atoms with E-state index in [9.17, 15) is 18.8 Å². The van der Waals surface area contributed by atoms with Gasteiger partial charge in [0.25, 0.3) is 0 Å². The van der Waals surface area contributed by atoms with Crippen LogP contribution in [0, 0.1) is 5.82 Å². The minimum absolute atomic E-state index is 0.170. The van der Waals surface area contributed by atoms with Crippen molar-refractivity contribution >= 4 is 17.3 Å². The fourth-order valence-electron chi connectivity index (χ4n) is 2.24. The molecule has 3 nitrogen and oxygen atoms in total. The van der Waals surface area contributed by atoms with Gasteiger partial charge >= 0.3 is 0 Å². The molecule has 102 valence electrons. The molecular weight excluding hydrogens is 271 g/mol. The lowest BCUT2D eigenvalue weighted by molar-refractivity contribution is 0.0934. The van der Waals surface area contributed by atoms with Crippen molar-refractivity contribution in [3.8, 4) is 0 Å². The van der Waals surface area contributed by atoms with Gasteiger partial charge in [-0.05, 0) is 24.3 Å². The predicted molar refractivity (Wildman–Crippen MR) is 73.9 cm³/mol. The number of rotatable bonds is 2. The zero-order valence-electron chi connectivity index (χ0n) is 10.8. The normalized spacial score (nSPS) is 13.7. The van der Waals surface area contributed by atoms with Gasteiger partial charge in [0.15, 0.2) is 17.3 Å². The second-order valence-corrected chi connectivity index (χ2v) is 4.63. The summed E-state index contributed by atoms with van der Waals surface area (Å²) < 4.78 is 12.9. The van der Waals surface area contributed by atoms with Crippen LogP contribution in [-0.2, 0) is 0 Å². The van der Waals surface area contributed by atoms with E-state index in [2.05, 4.69) is 0 Å². The first kappa shape index (κ1) is 13.1. The van der Waals surface area contributed by atoms with Gasteiger partial charge in [0.05, 0.1) is 5.57 Å². The van der Waals surface area contributed by atoms with Gasteiger partial charge in [-0.3, -0.25) is 14.4 Å². The molecule has 0 heterocycles. The third-order valence-corrected chi connectivity index (χ3v) is 3.31. The number of fused-ring (bicyclic) bond motifs is 1. The van der Waals surface area contributed by atoms with E-state index < -0.39 is 17.4 Å². The molecule has 1 aliphatic rings. The van der Waals surface area contributed by atoms with Crippen molar-refractivity contribution in [2.45, 2.75) is 0 Å². The summed E-state index contributed by atoms with van der Waals surface area (Å²) >= 11 is 0. The molecule has 0 bridgehead atoms. The first-order chi connectivity index (χ1) is 10.1. The van der Waals surface area contributed by atoms with Crippen LogP contribution in [0.5, 0.6) is 0 Å². The van der Waals surface area contributed by atoms with E-state index in [0.717, 1.165) is 18.2 Å². The van der Waals surface area contributed by atoms with Gasteiger partial charge in [-0.15, -0.1) is 0 Å². The fraction of sp³-hybridized carbons (Fsp3) is 0. The quantitative estimate of drug-likeness (QED) is 0.627. The summed E-state index contributed by atoms with van der Waals surface area (Å²) in [4.78, 5) is 36.6. The van der Waals surface area contributed by atoms with Crippen LogP contribution in [0.25, 0.3) is 0 Å². The molecule has 21 heavy (non-hydrogen) atoms. The molecule has 0 spiro atoms. The van der Waals surface area contributed by atoms with Crippen molar-refractivity contribution in [2.24, 2.45) is 0 Å². The number of Topliss-reactive ketones (excluding diaryl/α,β-unsaturated/α-hetero) is 2. The van der Waals surface area contributed by atoms with Gasteiger partial charge in [-0.2, -0.15) is 0 Å². The maximum atomic E-state index is 12.9. The average Bonchev–Trinajstić information content (AvgIpc) is 2.51. The number of hydrogen-bond acceptors (Lipinski definition) is 3. The maximum absolute atomic E-state index is 12.9. The Morgan fingerprint density at radius 3 is 2.14 bits per heavy atom. The molecule has 0 amide bonds. The van der Waals surface area contributed by atoms with E-state index in [1.54, 1.807) is 18.2 Å². The SMILES string of the molecule is O=C(C1=CC(=O)c2ccccc2C1=O)c1ccc(F)cc1. The summed E-state index contributed by atoms with van der Waals surface area (Å²) in [6.07, 6.45) is 1.05. The van der Waals surface area contributed by atoms with E-state index >= 15 is 0 Å². The topological polar surface area (TPSA) is 51.2 Å². The first-order valence-electron chi connectivity index (χ1n) is 6.28. The fourth-order valence-corrected chi connectivity index (χ4v) is 2.24. The highest BCUT2D eigenvalue weighted by Gasteiger charge is 2.29. The van der Waals surface area contributed by atoms with Crippen molar-refractivity contribution in [3.05, 3.63) is 82.7 Å². The Morgan fingerprint density at radius 1 is 0.857 bits per heavy atom. The summed E-state index contributed by atoms with van der Waals surface area (Å²) in [7, 11) is 0. The van der Waals surface area contributed by atoms with Gasteiger partial charge in [-0.25, -0.2) is 4.39 Å². The summed E-state index contributed by atoms with van der Waals surface area (Å²) in [6.45, 7) is 0. The highest BCUT2D eigenvalue weighted by atomic mass is 19.1. The zero-order valence-corrected chi connectivity index (χ0v) is 10.8. The maximum Gasteiger partial charge on any atom is 0.197 e. The second kappa shape index (κ2) is 4.90. The molecule has 0 fully saturated rings. The number of carbonyl (C=O) groups is 3. The van der Waals surface area contributed by atoms with Crippen molar-refractivity contribution in [3.63, 3.8) is 0 Å². The Balaban J connectivity index is 2.04. The summed E-state index contributed by atoms with van der Waals surface area (Å²) in [6, 6.07) is 11.2. The number of allylic oxidation sites excluding steroid dienone is 2. The van der Waals surface area contributed by atoms with Crippen LogP contribution in [0.4, 0.5) is 4.39 Å². The van der Waals surface area contributed by atoms with Crippen molar-refractivity contribution in [2.75, 3.05) is 0 Å². The number of ketones is 3. The Kier molecular flexibility index (Phi) is 3.06. The molecule has 1 aliphatic carbocycles. The van der Waals surface area contributed by atoms with Gasteiger partial charge in [0, 0.05) is 22.8 Å². The van der Waals surface area contributed by atoms with Crippen molar-refractivity contribution in [1.82, 2.24) is 0 Å². The molecule has 2 aromatic carbocycles. The molecule has 4 heteroatoms. The van der Waals surface area contributed by atoms with E-state index in [1.165, 1.54) is 18.2 Å². The molecule has 0 aliphatic heterocycles. The van der Waals surface area contributed by atoms with Crippen LogP contribution in [0.2, 0.25) is 0 Å². The van der Waals surface area contributed by atoms with Crippen LogP contribution in [0.1, 0.15) is 31.1 Å². The molecule has 0 atom stereocenters. The molecule has 0 unspecified atom stereocenters. The van der Waals surface area contributed by atoms with Gasteiger partial charge in [0.2, 0.25) is 0 Å². The van der Waals surface area contributed by atoms with E-state index in [1.807, 2.05) is 0 Å². The Morgan fingerprint density at radius 2 is 1.48 bits per heavy atom. The second-order valence-electron chi connectivity index (χ2n) is 4.63. The molecule has 2 aromatic rings. The molecule has 0 radical (unpaired) electrons.